The van der Waals surface area contributed by atoms with E-state index in [-0.39, 0.29) is 0 Å². The number of aryl methyl sites for hydroxylation is 2. The Bertz CT molecular complexity index is 334. The van der Waals surface area contributed by atoms with E-state index in [9.17, 15) is 0 Å². The molecule has 0 atom stereocenters. The molecule has 3 nitrogen and oxygen atoms in total. The molecule has 1 aromatic rings. The molecule has 0 spiro atoms. The smallest absolute Gasteiger partial charge is 0.144 e. The lowest BCUT2D eigenvalue weighted by atomic mass is 9.99. The van der Waals surface area contributed by atoms with E-state index >= 15 is 0 Å². The van der Waals surface area contributed by atoms with Crippen LogP contribution in [-0.2, 0) is 19.3 Å². The van der Waals surface area contributed by atoms with Crippen molar-refractivity contribution in [2.45, 2.75) is 32.1 Å². The van der Waals surface area contributed by atoms with Crippen LogP contribution in [0.1, 0.15) is 28.2 Å². The zero-order chi connectivity index (χ0) is 9.97. The lowest BCUT2D eigenvalue weighted by Crippen LogP contribution is -2.13. The van der Waals surface area contributed by atoms with E-state index in [1.165, 1.54) is 41.0 Å². The Hall–Kier alpha value is -1.03. The summed E-state index contributed by atoms with van der Waals surface area (Å²) >= 11 is 1.81. The van der Waals surface area contributed by atoms with Crippen molar-refractivity contribution in [3.63, 3.8) is 0 Å². The predicted molar refractivity (Wildman–Crippen MR) is 58.1 cm³/mol. The molecule has 14 heavy (non-hydrogen) atoms. The number of amidine groups is 1. The van der Waals surface area contributed by atoms with Crippen molar-refractivity contribution in [1.29, 1.82) is 0 Å². The number of thiophene rings is 1. The fraction of sp³-hybridized carbons (Fsp3) is 0.500. The number of hydrogen-bond acceptors (Lipinski definition) is 3. The number of nitrogens with two attached hydrogens (primary N) is 1. The van der Waals surface area contributed by atoms with Crippen LogP contribution >= 0.6 is 11.3 Å². The summed E-state index contributed by atoms with van der Waals surface area (Å²) in [6.07, 6.45) is 5.58. The van der Waals surface area contributed by atoms with Gasteiger partial charge in [0.05, 0.1) is 0 Å². The highest BCUT2D eigenvalue weighted by molar-refractivity contribution is 7.12. The van der Waals surface area contributed by atoms with Crippen LogP contribution in [0.25, 0.3) is 0 Å². The van der Waals surface area contributed by atoms with Crippen molar-refractivity contribution < 1.29 is 5.21 Å². The summed E-state index contributed by atoms with van der Waals surface area (Å²) in [6, 6.07) is 2.21. The maximum absolute atomic E-state index is 8.47. The topological polar surface area (TPSA) is 58.6 Å². The Morgan fingerprint density at radius 2 is 2.29 bits per heavy atom. The van der Waals surface area contributed by atoms with Crippen molar-refractivity contribution in [2.24, 2.45) is 10.9 Å². The Kier molecular flexibility index (Phi) is 2.72. The van der Waals surface area contributed by atoms with Crippen LogP contribution in [0.15, 0.2) is 11.2 Å². The number of oxime groups is 1. The van der Waals surface area contributed by atoms with Gasteiger partial charge in [-0.1, -0.05) is 5.16 Å². The molecule has 0 unspecified atom stereocenters. The summed E-state index contributed by atoms with van der Waals surface area (Å²) in [5.41, 5.74) is 6.94. The summed E-state index contributed by atoms with van der Waals surface area (Å²) in [6.45, 7) is 0. The molecule has 0 amide bonds. The zero-order valence-electron chi connectivity index (χ0n) is 7.99. The van der Waals surface area contributed by atoms with Crippen LogP contribution in [0.3, 0.4) is 0 Å². The van der Waals surface area contributed by atoms with Gasteiger partial charge in [0.1, 0.15) is 5.84 Å². The normalized spacial score (nSPS) is 16.7. The van der Waals surface area contributed by atoms with Gasteiger partial charge in [-0.2, -0.15) is 0 Å². The maximum Gasteiger partial charge on any atom is 0.144 e. The average molecular weight is 210 g/mol. The van der Waals surface area contributed by atoms with Crippen LogP contribution in [-0.4, -0.2) is 11.0 Å². The molecule has 2 rings (SSSR count). The minimum Gasteiger partial charge on any atom is -0.409 e. The number of fused-ring (bicyclic) bond motifs is 1. The Balaban J connectivity index is 2.16. The van der Waals surface area contributed by atoms with Gasteiger partial charge < -0.3 is 10.9 Å². The fourth-order valence-corrected chi connectivity index (χ4v) is 3.13. The van der Waals surface area contributed by atoms with Gasteiger partial charge in [-0.25, -0.2) is 0 Å². The van der Waals surface area contributed by atoms with Crippen LogP contribution in [0.2, 0.25) is 0 Å². The monoisotopic (exact) mass is 210 g/mol. The van der Waals surface area contributed by atoms with Gasteiger partial charge in [-0.3, -0.25) is 0 Å². The van der Waals surface area contributed by atoms with Crippen LogP contribution < -0.4 is 5.73 Å². The quantitative estimate of drug-likeness (QED) is 0.339. The van der Waals surface area contributed by atoms with Crippen LogP contribution in [0, 0.1) is 0 Å². The second kappa shape index (κ2) is 4.00. The van der Waals surface area contributed by atoms with Gasteiger partial charge >= 0.3 is 0 Å². The first kappa shape index (κ1) is 9.52. The Labute approximate surface area is 87.2 Å². The standard InChI is InChI=1S/C10H14N2OS/c11-10(12-13)6-8-5-7-3-1-2-4-9(7)14-8/h5,13H,1-4,6H2,(H2,11,12). The summed E-state index contributed by atoms with van der Waals surface area (Å²) in [4.78, 5) is 2.71. The number of nitrogens with zero attached hydrogens (tertiary/aromatic N) is 1. The molecule has 0 aromatic carbocycles. The van der Waals surface area contributed by atoms with E-state index < -0.39 is 0 Å². The molecule has 0 bridgehead atoms. The molecule has 1 heterocycles. The minimum atomic E-state index is 0.295. The summed E-state index contributed by atoms with van der Waals surface area (Å²) in [7, 11) is 0. The molecular weight excluding hydrogens is 196 g/mol. The highest BCUT2D eigenvalue weighted by Crippen LogP contribution is 2.29. The summed E-state index contributed by atoms with van der Waals surface area (Å²) < 4.78 is 0. The van der Waals surface area contributed by atoms with Crippen molar-refractivity contribution in [3.8, 4) is 0 Å². The van der Waals surface area contributed by atoms with Crippen molar-refractivity contribution in [1.82, 2.24) is 0 Å². The van der Waals surface area contributed by atoms with Gasteiger partial charge in [0, 0.05) is 16.2 Å². The van der Waals surface area contributed by atoms with Gasteiger partial charge in [0.25, 0.3) is 0 Å². The van der Waals surface area contributed by atoms with E-state index in [0.717, 1.165) is 0 Å². The Morgan fingerprint density at radius 1 is 1.50 bits per heavy atom. The summed E-state index contributed by atoms with van der Waals surface area (Å²) in [5.74, 6) is 0.295. The fourth-order valence-electron chi connectivity index (χ4n) is 1.85. The Morgan fingerprint density at radius 3 is 3.00 bits per heavy atom. The van der Waals surface area contributed by atoms with Gasteiger partial charge in [-0.15, -0.1) is 11.3 Å². The van der Waals surface area contributed by atoms with Gasteiger partial charge in [0.2, 0.25) is 0 Å². The molecule has 0 radical (unpaired) electrons. The molecule has 0 fully saturated rings. The summed E-state index contributed by atoms with van der Waals surface area (Å²) in [5, 5.41) is 11.5. The number of hydrogen-bond donors (Lipinski definition) is 2. The third-order valence-electron chi connectivity index (χ3n) is 2.53. The van der Waals surface area contributed by atoms with E-state index in [4.69, 9.17) is 10.9 Å². The second-order valence-electron chi connectivity index (χ2n) is 3.64. The van der Waals surface area contributed by atoms with Crippen molar-refractivity contribution in [3.05, 3.63) is 21.4 Å². The van der Waals surface area contributed by atoms with Crippen molar-refractivity contribution in [2.75, 3.05) is 0 Å². The van der Waals surface area contributed by atoms with E-state index in [0.29, 0.717) is 12.3 Å². The second-order valence-corrected chi connectivity index (χ2v) is 4.86. The predicted octanol–water partition coefficient (Wildman–Crippen LogP) is 1.92. The average Bonchev–Trinajstić information content (AvgIpc) is 2.59. The van der Waals surface area contributed by atoms with Crippen LogP contribution in [0.5, 0.6) is 0 Å². The maximum atomic E-state index is 8.47. The van der Waals surface area contributed by atoms with Crippen LogP contribution in [0.4, 0.5) is 0 Å². The van der Waals surface area contributed by atoms with E-state index in [2.05, 4.69) is 11.2 Å². The van der Waals surface area contributed by atoms with Crippen molar-refractivity contribution >= 4 is 17.2 Å². The molecular formula is C10H14N2OS. The molecule has 76 valence electrons. The molecule has 1 aliphatic rings. The van der Waals surface area contributed by atoms with E-state index in [1.54, 1.807) is 0 Å². The lowest BCUT2D eigenvalue weighted by molar-refractivity contribution is 0.317. The largest absolute Gasteiger partial charge is 0.409 e. The van der Waals surface area contributed by atoms with E-state index in [1.807, 2.05) is 11.3 Å². The molecule has 1 aliphatic carbocycles. The first-order chi connectivity index (χ1) is 6.79. The first-order valence-corrected chi connectivity index (χ1v) is 5.68. The molecule has 3 N–H and O–H groups in total. The third-order valence-corrected chi connectivity index (χ3v) is 3.77. The third kappa shape index (κ3) is 1.90. The molecule has 1 aromatic heterocycles. The minimum absolute atomic E-state index is 0.295. The molecule has 0 aliphatic heterocycles. The van der Waals surface area contributed by atoms with Gasteiger partial charge in [0.15, 0.2) is 0 Å². The number of rotatable bonds is 2. The zero-order valence-corrected chi connectivity index (χ0v) is 8.81. The molecule has 4 heteroatoms. The van der Waals surface area contributed by atoms with Gasteiger partial charge in [-0.05, 0) is 37.3 Å². The highest BCUT2D eigenvalue weighted by atomic mass is 32.1. The lowest BCUT2D eigenvalue weighted by Gasteiger charge is -2.08. The first-order valence-electron chi connectivity index (χ1n) is 4.86. The SMILES string of the molecule is N/C(Cc1cc2c(s1)CCCC2)=N\O. The molecule has 0 saturated heterocycles. The molecule has 0 saturated carbocycles. The highest BCUT2D eigenvalue weighted by Gasteiger charge is 2.13.